The number of ether oxygens (including phenoxy) is 1. The molecule has 2 atom stereocenters. The molecule has 2 saturated heterocycles. The molecule has 1 N–H and O–H groups in total. The Morgan fingerprint density at radius 2 is 2.15 bits per heavy atom. The van der Waals surface area contributed by atoms with E-state index in [1.807, 2.05) is 11.8 Å². The molecule has 0 aromatic carbocycles. The molecule has 1 saturated carbocycles. The van der Waals surface area contributed by atoms with Crippen LogP contribution in [0, 0.1) is 11.3 Å². The van der Waals surface area contributed by atoms with E-state index in [1.165, 1.54) is 17.9 Å². The van der Waals surface area contributed by atoms with Crippen molar-refractivity contribution in [2.24, 2.45) is 11.3 Å². The number of thioether (sulfide) groups is 1. The monoisotopic (exact) mass is 200 g/mol. The Labute approximate surface area is 83.0 Å². The fraction of sp³-hybridized carbons (Fsp3) is 1.00. The van der Waals surface area contributed by atoms with Gasteiger partial charge in [0.2, 0.25) is 0 Å². The first kappa shape index (κ1) is 8.57. The first-order valence-electron chi connectivity index (χ1n) is 5.16. The molecule has 2 unspecified atom stereocenters. The molecule has 2 aliphatic heterocycles. The van der Waals surface area contributed by atoms with E-state index in [9.17, 15) is 5.11 Å². The Hall–Kier alpha value is 0.270. The maximum absolute atomic E-state index is 9.50. The average molecular weight is 200 g/mol. The van der Waals surface area contributed by atoms with Gasteiger partial charge in [-0.15, -0.1) is 0 Å². The van der Waals surface area contributed by atoms with Gasteiger partial charge in [-0.2, -0.15) is 11.8 Å². The van der Waals surface area contributed by atoms with E-state index >= 15 is 0 Å². The summed E-state index contributed by atoms with van der Waals surface area (Å²) in [5.74, 6) is 3.11. The topological polar surface area (TPSA) is 29.5 Å². The lowest BCUT2D eigenvalue weighted by atomic mass is 9.79. The quantitative estimate of drug-likeness (QED) is 0.691. The number of hydrogen-bond acceptors (Lipinski definition) is 3. The predicted molar refractivity (Wildman–Crippen MR) is 52.9 cm³/mol. The molecular weight excluding hydrogens is 184 g/mol. The highest BCUT2D eigenvalue weighted by Gasteiger charge is 2.71. The lowest BCUT2D eigenvalue weighted by Gasteiger charge is -2.39. The van der Waals surface area contributed by atoms with Gasteiger partial charge in [0.1, 0.15) is 0 Å². The summed E-state index contributed by atoms with van der Waals surface area (Å²) in [6.07, 6.45) is 3.54. The van der Waals surface area contributed by atoms with E-state index in [4.69, 9.17) is 4.74 Å². The lowest BCUT2D eigenvalue weighted by molar-refractivity contribution is -0.0737. The SMILES string of the molecule is OCC12CC1COC21CCSCC1. The zero-order valence-corrected chi connectivity index (χ0v) is 8.61. The third-order valence-electron chi connectivity index (χ3n) is 4.28. The Bertz CT molecular complexity index is 221. The predicted octanol–water partition coefficient (Wildman–Crippen LogP) is 1.28. The molecule has 0 aromatic heterocycles. The maximum atomic E-state index is 9.50. The number of fused-ring (bicyclic) bond motifs is 2. The van der Waals surface area contributed by atoms with Gasteiger partial charge in [0.15, 0.2) is 0 Å². The van der Waals surface area contributed by atoms with Gasteiger partial charge in [-0.25, -0.2) is 0 Å². The average Bonchev–Trinajstić information content (AvgIpc) is 2.86. The van der Waals surface area contributed by atoms with Crippen LogP contribution in [0.2, 0.25) is 0 Å². The molecule has 3 rings (SSSR count). The molecule has 0 bridgehead atoms. The second-order valence-electron chi connectivity index (χ2n) is 4.63. The van der Waals surface area contributed by atoms with Gasteiger partial charge in [-0.3, -0.25) is 0 Å². The van der Waals surface area contributed by atoms with Crippen LogP contribution >= 0.6 is 11.8 Å². The van der Waals surface area contributed by atoms with Crippen molar-refractivity contribution >= 4 is 11.8 Å². The third kappa shape index (κ3) is 0.932. The molecule has 3 aliphatic rings. The van der Waals surface area contributed by atoms with Crippen LogP contribution < -0.4 is 0 Å². The molecule has 1 spiro atoms. The Morgan fingerprint density at radius 1 is 1.38 bits per heavy atom. The maximum Gasteiger partial charge on any atom is 0.0779 e. The van der Waals surface area contributed by atoms with E-state index in [-0.39, 0.29) is 11.0 Å². The molecule has 74 valence electrons. The third-order valence-corrected chi connectivity index (χ3v) is 5.27. The zero-order chi connectivity index (χ0) is 8.94. The summed E-state index contributed by atoms with van der Waals surface area (Å²) in [5.41, 5.74) is 0.269. The van der Waals surface area contributed by atoms with Crippen molar-refractivity contribution in [1.82, 2.24) is 0 Å². The minimum atomic E-state index is 0.0810. The minimum absolute atomic E-state index is 0.0810. The first-order chi connectivity index (χ1) is 6.33. The van der Waals surface area contributed by atoms with Crippen LogP contribution in [0.5, 0.6) is 0 Å². The van der Waals surface area contributed by atoms with Gasteiger partial charge in [-0.1, -0.05) is 0 Å². The summed E-state index contributed by atoms with van der Waals surface area (Å²) in [5, 5.41) is 9.50. The van der Waals surface area contributed by atoms with E-state index in [1.54, 1.807) is 0 Å². The van der Waals surface area contributed by atoms with Gasteiger partial charge < -0.3 is 9.84 Å². The van der Waals surface area contributed by atoms with Crippen LogP contribution in [0.25, 0.3) is 0 Å². The lowest BCUT2D eigenvalue weighted by Crippen LogP contribution is -2.44. The van der Waals surface area contributed by atoms with E-state index in [0.29, 0.717) is 12.5 Å². The van der Waals surface area contributed by atoms with Gasteiger partial charge in [-0.05, 0) is 36.7 Å². The van der Waals surface area contributed by atoms with Crippen molar-refractivity contribution in [3.05, 3.63) is 0 Å². The van der Waals surface area contributed by atoms with Gasteiger partial charge in [0, 0.05) is 5.41 Å². The summed E-state index contributed by atoms with van der Waals surface area (Å²) in [7, 11) is 0. The molecule has 3 fully saturated rings. The summed E-state index contributed by atoms with van der Waals surface area (Å²) < 4.78 is 5.96. The van der Waals surface area contributed by atoms with Crippen molar-refractivity contribution in [3.8, 4) is 0 Å². The van der Waals surface area contributed by atoms with Crippen LogP contribution in [0.15, 0.2) is 0 Å². The van der Waals surface area contributed by atoms with Crippen LogP contribution in [0.4, 0.5) is 0 Å². The molecular formula is C10H16O2S. The number of rotatable bonds is 1. The van der Waals surface area contributed by atoms with Gasteiger partial charge >= 0.3 is 0 Å². The Kier molecular flexibility index (Phi) is 1.74. The van der Waals surface area contributed by atoms with Crippen molar-refractivity contribution in [1.29, 1.82) is 0 Å². The highest BCUT2D eigenvalue weighted by Crippen LogP contribution is 2.68. The van der Waals surface area contributed by atoms with Gasteiger partial charge in [0.25, 0.3) is 0 Å². The number of aliphatic hydroxyl groups excluding tert-OH is 1. The second-order valence-corrected chi connectivity index (χ2v) is 5.86. The van der Waals surface area contributed by atoms with Crippen molar-refractivity contribution in [2.75, 3.05) is 24.7 Å². The molecule has 3 heteroatoms. The summed E-state index contributed by atoms with van der Waals surface area (Å²) >= 11 is 2.02. The highest BCUT2D eigenvalue weighted by atomic mass is 32.2. The van der Waals surface area contributed by atoms with Crippen molar-refractivity contribution in [2.45, 2.75) is 24.9 Å². The summed E-state index contributed by atoms with van der Waals surface area (Å²) in [6, 6.07) is 0. The fourth-order valence-electron chi connectivity index (χ4n) is 3.24. The minimum Gasteiger partial charge on any atom is -0.396 e. The standard InChI is InChI=1S/C10H16O2S/c11-7-9-5-8(9)6-12-10(9)1-3-13-4-2-10/h8,11H,1-7H2. The van der Waals surface area contributed by atoms with E-state index in [0.717, 1.165) is 19.4 Å². The molecule has 0 radical (unpaired) electrons. The second kappa shape index (κ2) is 2.65. The zero-order valence-electron chi connectivity index (χ0n) is 7.79. The van der Waals surface area contributed by atoms with E-state index < -0.39 is 0 Å². The molecule has 2 nitrogen and oxygen atoms in total. The normalized spacial score (nSPS) is 46.4. The van der Waals surface area contributed by atoms with E-state index in [2.05, 4.69) is 0 Å². The Morgan fingerprint density at radius 3 is 2.77 bits per heavy atom. The molecule has 0 aromatic rings. The Balaban J connectivity index is 1.88. The summed E-state index contributed by atoms with van der Waals surface area (Å²) in [6.45, 7) is 1.26. The smallest absolute Gasteiger partial charge is 0.0779 e. The van der Waals surface area contributed by atoms with Crippen LogP contribution in [0.1, 0.15) is 19.3 Å². The number of hydrogen-bond donors (Lipinski definition) is 1. The molecule has 1 aliphatic carbocycles. The highest BCUT2D eigenvalue weighted by molar-refractivity contribution is 7.99. The largest absolute Gasteiger partial charge is 0.396 e. The fourth-order valence-corrected chi connectivity index (χ4v) is 4.39. The number of aliphatic hydroxyl groups is 1. The van der Waals surface area contributed by atoms with Crippen LogP contribution in [-0.4, -0.2) is 35.4 Å². The van der Waals surface area contributed by atoms with Crippen LogP contribution in [-0.2, 0) is 4.74 Å². The molecule has 0 amide bonds. The van der Waals surface area contributed by atoms with Crippen molar-refractivity contribution in [3.63, 3.8) is 0 Å². The van der Waals surface area contributed by atoms with Crippen molar-refractivity contribution < 1.29 is 9.84 Å². The van der Waals surface area contributed by atoms with Gasteiger partial charge in [0.05, 0.1) is 18.8 Å². The molecule has 2 heterocycles. The molecule has 13 heavy (non-hydrogen) atoms. The first-order valence-corrected chi connectivity index (χ1v) is 6.31. The van der Waals surface area contributed by atoms with Crippen LogP contribution in [0.3, 0.4) is 0 Å². The summed E-state index contributed by atoms with van der Waals surface area (Å²) in [4.78, 5) is 0.